The van der Waals surface area contributed by atoms with Crippen molar-refractivity contribution in [2.75, 3.05) is 13.7 Å². The molecule has 0 spiro atoms. The van der Waals surface area contributed by atoms with Crippen molar-refractivity contribution in [3.8, 4) is 0 Å². The zero-order chi connectivity index (χ0) is 37.6. The van der Waals surface area contributed by atoms with Crippen LogP contribution in [0, 0.1) is 23.7 Å². The normalized spacial score (nSPS) is 47.7. The summed E-state index contributed by atoms with van der Waals surface area (Å²) in [4.78, 5) is 27.0. The molecule has 18 atom stereocenters. The topological polar surface area (TPSA) is 170 Å². The maximum Gasteiger partial charge on any atom is 0.135 e. The van der Waals surface area contributed by atoms with Gasteiger partial charge in [-0.1, -0.05) is 25.7 Å². The molecule has 0 aromatic rings. The third kappa shape index (κ3) is 8.57. The number of aliphatic hydroxyl groups excluding tert-OH is 4. The standard InChI is InChI=1S/C41H62O12/c1-20-11-23-5-9-31-21(2)12-28(49-31)7-6-25(43)17-34-36(46)40-41(53-34)37(47)39-32(52-40)10-8-29(50-39)15-26(44)16-30-33(14-24(13-23)22(20)3)51-35(38(30)48-4)18-27(45)19-42/h20,23-24,27-42,45-47H,2-3,5-19H2,1,4H3. The Labute approximate surface area is 313 Å². The number of carbonyl (C=O) groups excluding carboxylic acids is 2. The number of aliphatic hydroxyl groups is 4. The molecule has 0 amide bonds. The molecule has 4 N–H and O–H groups in total. The van der Waals surface area contributed by atoms with Gasteiger partial charge >= 0.3 is 0 Å². The Morgan fingerprint density at radius 1 is 0.774 bits per heavy atom. The van der Waals surface area contributed by atoms with Crippen LogP contribution in [0.15, 0.2) is 24.3 Å². The zero-order valence-electron chi connectivity index (χ0n) is 31.5. The number of carbonyl (C=O) groups is 2. The maximum atomic E-state index is 13.9. The fourth-order valence-corrected chi connectivity index (χ4v) is 10.8. The van der Waals surface area contributed by atoms with Crippen LogP contribution in [0.5, 0.6) is 0 Å². The summed E-state index contributed by atoms with van der Waals surface area (Å²) in [7, 11) is 1.61. The van der Waals surface area contributed by atoms with E-state index in [2.05, 4.69) is 20.1 Å². The summed E-state index contributed by atoms with van der Waals surface area (Å²) in [6.45, 7) is 10.7. The molecular weight excluding hydrogens is 684 g/mol. The molecule has 12 nitrogen and oxygen atoms in total. The zero-order valence-corrected chi connectivity index (χ0v) is 31.5. The van der Waals surface area contributed by atoms with E-state index in [1.807, 2.05) is 0 Å². The van der Waals surface area contributed by atoms with Gasteiger partial charge in [-0.05, 0) is 81.1 Å². The Morgan fingerprint density at radius 3 is 2.30 bits per heavy atom. The second-order valence-electron chi connectivity index (χ2n) is 17.4. The minimum absolute atomic E-state index is 0.00185. The first-order valence-electron chi connectivity index (χ1n) is 20.3. The molecule has 6 saturated heterocycles. The predicted octanol–water partition coefficient (Wildman–Crippen LogP) is 3.14. The van der Waals surface area contributed by atoms with Gasteiger partial charge in [0.1, 0.15) is 42.1 Å². The summed E-state index contributed by atoms with van der Waals surface area (Å²) in [5.41, 5.74) is 2.27. The molecule has 298 valence electrons. The first kappa shape index (κ1) is 39.6. The number of ether oxygens (including phenoxy) is 6. The van der Waals surface area contributed by atoms with Crippen LogP contribution in [-0.4, -0.2) is 131 Å². The molecule has 0 aromatic carbocycles. The van der Waals surface area contributed by atoms with E-state index in [0.29, 0.717) is 43.9 Å². The van der Waals surface area contributed by atoms with Crippen LogP contribution in [-0.2, 0) is 38.0 Å². The molecule has 0 aromatic heterocycles. The van der Waals surface area contributed by atoms with Crippen LogP contribution < -0.4 is 0 Å². The first-order chi connectivity index (χ1) is 25.4. The minimum Gasteiger partial charge on any atom is -0.394 e. The van der Waals surface area contributed by atoms with E-state index in [4.69, 9.17) is 28.4 Å². The van der Waals surface area contributed by atoms with Crippen LogP contribution in [0.4, 0.5) is 0 Å². The Morgan fingerprint density at radius 2 is 1.53 bits per heavy atom. The van der Waals surface area contributed by atoms with Gasteiger partial charge in [-0.15, -0.1) is 0 Å². The lowest BCUT2D eigenvalue weighted by Gasteiger charge is -2.46. The third-order valence-corrected chi connectivity index (χ3v) is 13.7. The van der Waals surface area contributed by atoms with Gasteiger partial charge in [0.25, 0.3) is 0 Å². The Hall–Kier alpha value is -1.58. The maximum absolute atomic E-state index is 13.9. The van der Waals surface area contributed by atoms with Crippen molar-refractivity contribution in [3.05, 3.63) is 24.3 Å². The summed E-state index contributed by atoms with van der Waals surface area (Å²) in [6, 6.07) is 0. The summed E-state index contributed by atoms with van der Waals surface area (Å²) < 4.78 is 37.8. The number of ketones is 2. The second kappa shape index (κ2) is 16.9. The van der Waals surface area contributed by atoms with Gasteiger partial charge in [0.15, 0.2) is 0 Å². The number of hydrogen-bond donors (Lipinski definition) is 4. The van der Waals surface area contributed by atoms with Crippen LogP contribution >= 0.6 is 0 Å². The van der Waals surface area contributed by atoms with Gasteiger partial charge in [-0.3, -0.25) is 9.59 Å². The van der Waals surface area contributed by atoms with Crippen molar-refractivity contribution in [1.29, 1.82) is 0 Å². The molecule has 53 heavy (non-hydrogen) atoms. The quantitative estimate of drug-likeness (QED) is 0.311. The van der Waals surface area contributed by atoms with E-state index in [0.717, 1.165) is 37.7 Å². The lowest BCUT2D eigenvalue weighted by molar-refractivity contribution is -0.259. The van der Waals surface area contributed by atoms with E-state index in [-0.39, 0.29) is 74.0 Å². The van der Waals surface area contributed by atoms with Crippen molar-refractivity contribution in [1.82, 2.24) is 0 Å². The number of methoxy groups -OCH3 is 1. The summed E-state index contributed by atoms with van der Waals surface area (Å²) in [5, 5.41) is 42.7. The number of allylic oxidation sites excluding steroid dienone is 1. The molecule has 7 rings (SSSR count). The fraction of sp³-hybridized carbons (Fsp3) is 0.854. The van der Waals surface area contributed by atoms with E-state index >= 15 is 0 Å². The number of fused-ring (bicyclic) bond motifs is 7. The van der Waals surface area contributed by atoms with Crippen molar-refractivity contribution in [2.24, 2.45) is 23.7 Å². The van der Waals surface area contributed by atoms with E-state index in [1.165, 1.54) is 5.57 Å². The predicted molar refractivity (Wildman–Crippen MR) is 192 cm³/mol. The van der Waals surface area contributed by atoms with Crippen LogP contribution in [0.3, 0.4) is 0 Å². The van der Waals surface area contributed by atoms with E-state index < -0.39 is 67.1 Å². The lowest BCUT2D eigenvalue weighted by atomic mass is 9.68. The number of hydrogen-bond acceptors (Lipinski definition) is 12. The molecule has 12 heteroatoms. The minimum atomic E-state index is -1.09. The van der Waals surface area contributed by atoms with Crippen LogP contribution in [0.25, 0.3) is 0 Å². The highest BCUT2D eigenvalue weighted by Crippen LogP contribution is 2.46. The molecule has 7 fully saturated rings. The molecular formula is C41H62O12. The SMILES string of the molecule is C=C1C(C)CC2CCC3OC(CCC(=O)CC4OC5C(O)C6OC(CCC6OC5C4O)CC(=O)CC4C(CC1C2)OC(CC(O)CO)C4OC)CC3=C. The monoisotopic (exact) mass is 746 g/mol. The van der Waals surface area contributed by atoms with E-state index in [1.54, 1.807) is 7.11 Å². The third-order valence-electron chi connectivity index (χ3n) is 13.7. The second-order valence-corrected chi connectivity index (χ2v) is 17.4. The van der Waals surface area contributed by atoms with Crippen molar-refractivity contribution in [2.45, 2.75) is 182 Å². The van der Waals surface area contributed by atoms with Crippen LogP contribution in [0.1, 0.15) is 96.8 Å². The summed E-state index contributed by atoms with van der Waals surface area (Å²) in [5.74, 6) is 0.698. The fourth-order valence-electron chi connectivity index (χ4n) is 10.8. The molecule has 7 aliphatic rings. The summed E-state index contributed by atoms with van der Waals surface area (Å²) >= 11 is 0. The van der Waals surface area contributed by atoms with Crippen molar-refractivity contribution < 1.29 is 58.4 Å². The van der Waals surface area contributed by atoms with Crippen molar-refractivity contribution in [3.63, 3.8) is 0 Å². The number of rotatable bonds is 4. The average Bonchev–Trinajstić information content (AvgIpc) is 3.76. The molecule has 18 unspecified atom stereocenters. The molecule has 1 aliphatic carbocycles. The summed E-state index contributed by atoms with van der Waals surface area (Å²) in [6.07, 6.45) is -0.664. The number of Topliss-reactive ketones (excluding diaryl/α,β-unsaturated/α-hetero) is 2. The van der Waals surface area contributed by atoms with Crippen molar-refractivity contribution >= 4 is 11.6 Å². The molecule has 8 bridgehead atoms. The van der Waals surface area contributed by atoms with Crippen LogP contribution in [0.2, 0.25) is 0 Å². The highest BCUT2D eigenvalue weighted by Gasteiger charge is 2.57. The Bertz CT molecular complexity index is 1340. The highest BCUT2D eigenvalue weighted by molar-refractivity contribution is 5.79. The first-order valence-corrected chi connectivity index (χ1v) is 20.3. The lowest BCUT2D eigenvalue weighted by Crippen LogP contribution is -2.61. The molecule has 6 heterocycles. The van der Waals surface area contributed by atoms with E-state index in [9.17, 15) is 30.0 Å². The average molecular weight is 747 g/mol. The molecule has 1 saturated carbocycles. The highest BCUT2D eigenvalue weighted by atomic mass is 16.6. The van der Waals surface area contributed by atoms with Gasteiger partial charge in [0.05, 0.1) is 61.5 Å². The molecule has 0 radical (unpaired) electrons. The van der Waals surface area contributed by atoms with Gasteiger partial charge in [-0.25, -0.2) is 0 Å². The molecule has 6 aliphatic heterocycles. The van der Waals surface area contributed by atoms with Gasteiger partial charge in [-0.2, -0.15) is 0 Å². The largest absolute Gasteiger partial charge is 0.394 e. The Balaban J connectivity index is 1.11. The van der Waals surface area contributed by atoms with Gasteiger partial charge in [0.2, 0.25) is 0 Å². The smallest absolute Gasteiger partial charge is 0.135 e. The Kier molecular flexibility index (Phi) is 12.6. The van der Waals surface area contributed by atoms with Gasteiger partial charge in [0, 0.05) is 45.1 Å². The van der Waals surface area contributed by atoms with Gasteiger partial charge < -0.3 is 48.8 Å².